The van der Waals surface area contributed by atoms with Gasteiger partial charge in [0.05, 0.1) is 0 Å². The van der Waals surface area contributed by atoms with Crippen molar-refractivity contribution in [2.45, 2.75) is 145 Å². The maximum atomic E-state index is 2.46. The Morgan fingerprint density at radius 1 is 0.333 bits per heavy atom. The predicted molar refractivity (Wildman–Crippen MR) is 225 cm³/mol. The molecule has 0 nitrogen and oxygen atoms in total. The third kappa shape index (κ3) is 4.91. The van der Waals surface area contributed by atoms with Crippen LogP contribution in [0.3, 0.4) is 0 Å². The van der Waals surface area contributed by atoms with E-state index in [9.17, 15) is 0 Å². The van der Waals surface area contributed by atoms with Crippen molar-refractivity contribution in [2.75, 3.05) is 0 Å². The Bertz CT molecular complexity index is 2220. The Morgan fingerprint density at radius 3 is 1.27 bits per heavy atom. The number of rotatable bonds is 4. The Kier molecular flexibility index (Phi) is 9.10. The van der Waals surface area contributed by atoms with E-state index >= 15 is 0 Å². The molecule has 0 amide bonds. The molecule has 6 rings (SSSR count). The molecule has 0 spiro atoms. The second-order valence-electron chi connectivity index (χ2n) is 17.0. The highest BCUT2D eigenvalue weighted by Crippen LogP contribution is 2.58. The van der Waals surface area contributed by atoms with Crippen LogP contribution in [0.5, 0.6) is 0 Å². The van der Waals surface area contributed by atoms with Crippen LogP contribution in [-0.2, 0) is 0 Å². The Morgan fingerprint density at radius 2 is 0.784 bits per heavy atom. The molecule has 4 aliphatic carbocycles. The fourth-order valence-corrected chi connectivity index (χ4v) is 10.5. The number of fused-ring (bicyclic) bond motifs is 2. The second kappa shape index (κ2) is 12.5. The standard InChI is InChI=1S/C51H64/c1-22-24(3)32(11)44(33(12)25(22)4)48-38(17)28(7)36(15)46-42(30(9)40(19)50(46)48)21-43-31(10)41(20)51-47(43)37(16)29(8)39(18)49(51)45-34(13)26(5)23(2)27(6)35(45)14/h38,47H,21H2,1-20H3. The minimum Gasteiger partial charge on any atom is -0.0625 e. The summed E-state index contributed by atoms with van der Waals surface area (Å²) in [5, 5.41) is 0. The van der Waals surface area contributed by atoms with Crippen LogP contribution < -0.4 is 0 Å². The second-order valence-corrected chi connectivity index (χ2v) is 17.0. The quantitative estimate of drug-likeness (QED) is 0.302. The summed E-state index contributed by atoms with van der Waals surface area (Å²) in [6, 6.07) is 0. The molecule has 0 saturated carbocycles. The lowest BCUT2D eigenvalue weighted by atomic mass is 9.69. The van der Waals surface area contributed by atoms with E-state index in [4.69, 9.17) is 0 Å². The smallest absolute Gasteiger partial charge is 0.0278 e. The van der Waals surface area contributed by atoms with Crippen LogP contribution in [0.1, 0.15) is 142 Å². The molecule has 2 unspecified atom stereocenters. The summed E-state index contributed by atoms with van der Waals surface area (Å²) < 4.78 is 0. The lowest BCUT2D eigenvalue weighted by Crippen LogP contribution is -2.18. The third-order valence-corrected chi connectivity index (χ3v) is 15.5. The topological polar surface area (TPSA) is 0 Å². The van der Waals surface area contributed by atoms with E-state index in [1.165, 1.54) is 134 Å². The van der Waals surface area contributed by atoms with Crippen LogP contribution >= 0.6 is 0 Å². The molecule has 268 valence electrons. The van der Waals surface area contributed by atoms with Crippen molar-refractivity contribution < 1.29 is 0 Å². The summed E-state index contributed by atoms with van der Waals surface area (Å²) in [7, 11) is 0. The van der Waals surface area contributed by atoms with E-state index in [1.54, 1.807) is 22.3 Å². The number of hydrogen-bond acceptors (Lipinski definition) is 0. The van der Waals surface area contributed by atoms with Gasteiger partial charge in [0, 0.05) is 11.8 Å². The van der Waals surface area contributed by atoms with Crippen LogP contribution in [0.25, 0.3) is 11.1 Å². The first-order chi connectivity index (χ1) is 23.7. The van der Waals surface area contributed by atoms with E-state index in [2.05, 4.69) is 138 Å². The zero-order valence-corrected chi connectivity index (χ0v) is 35.9. The van der Waals surface area contributed by atoms with Gasteiger partial charge in [-0.05, 0) is 277 Å². The Balaban J connectivity index is 1.59. The van der Waals surface area contributed by atoms with Crippen molar-refractivity contribution in [3.05, 3.63) is 145 Å². The van der Waals surface area contributed by atoms with Gasteiger partial charge in [-0.15, -0.1) is 0 Å². The highest BCUT2D eigenvalue weighted by atomic mass is 14.5. The van der Waals surface area contributed by atoms with Gasteiger partial charge < -0.3 is 0 Å². The molecule has 0 fully saturated rings. The third-order valence-electron chi connectivity index (χ3n) is 15.5. The molecule has 2 atom stereocenters. The van der Waals surface area contributed by atoms with Gasteiger partial charge >= 0.3 is 0 Å². The minimum atomic E-state index is 0.318. The van der Waals surface area contributed by atoms with Crippen molar-refractivity contribution in [2.24, 2.45) is 11.8 Å². The Hall–Kier alpha value is -3.64. The maximum absolute atomic E-state index is 2.46. The monoisotopic (exact) mass is 677 g/mol. The van der Waals surface area contributed by atoms with Crippen LogP contribution in [-0.4, -0.2) is 0 Å². The molecule has 0 aliphatic heterocycles. The molecular formula is C51H64. The molecule has 0 bridgehead atoms. The summed E-state index contributed by atoms with van der Waals surface area (Å²) in [6.07, 6.45) is 0.996. The summed E-state index contributed by atoms with van der Waals surface area (Å²) >= 11 is 0. The summed E-state index contributed by atoms with van der Waals surface area (Å²) in [6.45, 7) is 47.5. The molecule has 0 aromatic heterocycles. The van der Waals surface area contributed by atoms with E-state index < -0.39 is 0 Å². The molecule has 0 saturated heterocycles. The van der Waals surface area contributed by atoms with Crippen molar-refractivity contribution in [1.29, 1.82) is 0 Å². The Labute approximate surface area is 311 Å². The predicted octanol–water partition coefficient (Wildman–Crippen LogP) is 14.6. The molecule has 0 heterocycles. The first kappa shape index (κ1) is 37.1. The van der Waals surface area contributed by atoms with Crippen molar-refractivity contribution in [3.8, 4) is 0 Å². The number of allylic oxidation sites excluding steroid dienone is 16. The van der Waals surface area contributed by atoms with Crippen LogP contribution in [0.15, 0.2) is 78.0 Å². The van der Waals surface area contributed by atoms with Gasteiger partial charge in [-0.1, -0.05) is 23.6 Å². The van der Waals surface area contributed by atoms with Gasteiger partial charge in [0.25, 0.3) is 0 Å². The van der Waals surface area contributed by atoms with E-state index in [1.807, 2.05) is 0 Å². The summed E-state index contributed by atoms with van der Waals surface area (Å²) in [5.41, 5.74) is 41.6. The molecule has 2 aromatic carbocycles. The zero-order chi connectivity index (χ0) is 38.0. The molecule has 0 N–H and O–H groups in total. The van der Waals surface area contributed by atoms with Gasteiger partial charge in [0.15, 0.2) is 0 Å². The lowest BCUT2D eigenvalue weighted by molar-refractivity contribution is 0.803. The fourth-order valence-electron chi connectivity index (χ4n) is 10.5. The van der Waals surface area contributed by atoms with Gasteiger partial charge in [-0.3, -0.25) is 0 Å². The van der Waals surface area contributed by atoms with Gasteiger partial charge in [0.1, 0.15) is 0 Å². The number of hydrogen-bond donors (Lipinski definition) is 0. The molecule has 2 aromatic rings. The lowest BCUT2D eigenvalue weighted by Gasteiger charge is -2.35. The maximum Gasteiger partial charge on any atom is 0.0278 e. The first-order valence-electron chi connectivity index (χ1n) is 19.5. The SMILES string of the molecule is CC1=C(C)C2=C(c3c(C)c(C)c(C)c(C)c3C)C(C)C(C)=C(C)C2=C1CC1=C(C)C(C)=C2C(c3c(C)c(C)c(C)c(C)c3C)=C(C)C(C)=C(C)C12. The molecule has 4 aliphatic rings. The van der Waals surface area contributed by atoms with Crippen molar-refractivity contribution in [3.63, 3.8) is 0 Å². The van der Waals surface area contributed by atoms with Crippen molar-refractivity contribution >= 4 is 11.1 Å². The normalized spacial score (nSPS) is 21.2. The van der Waals surface area contributed by atoms with E-state index in [0.717, 1.165) is 6.42 Å². The number of benzene rings is 2. The average molecular weight is 677 g/mol. The van der Waals surface area contributed by atoms with Gasteiger partial charge in [-0.25, -0.2) is 0 Å². The van der Waals surface area contributed by atoms with E-state index in [-0.39, 0.29) is 0 Å². The first-order valence-corrected chi connectivity index (χ1v) is 19.5. The van der Waals surface area contributed by atoms with Crippen molar-refractivity contribution in [1.82, 2.24) is 0 Å². The largest absolute Gasteiger partial charge is 0.0625 e. The summed E-state index contributed by atoms with van der Waals surface area (Å²) in [5.74, 6) is 0.695. The minimum absolute atomic E-state index is 0.318. The van der Waals surface area contributed by atoms with Crippen LogP contribution in [0, 0.1) is 81.1 Å². The average Bonchev–Trinajstić information content (AvgIpc) is 3.49. The van der Waals surface area contributed by atoms with Crippen LogP contribution in [0.2, 0.25) is 0 Å². The summed E-state index contributed by atoms with van der Waals surface area (Å²) in [4.78, 5) is 0. The fraction of sp³-hybridized carbons (Fsp3) is 0.451. The molecular weight excluding hydrogens is 613 g/mol. The molecule has 51 heavy (non-hydrogen) atoms. The zero-order valence-electron chi connectivity index (χ0n) is 35.9. The molecule has 0 heteroatoms. The van der Waals surface area contributed by atoms with E-state index in [0.29, 0.717) is 11.8 Å². The highest BCUT2D eigenvalue weighted by Gasteiger charge is 2.42. The highest BCUT2D eigenvalue weighted by molar-refractivity contribution is 5.94. The molecule has 0 radical (unpaired) electrons. The van der Waals surface area contributed by atoms with Gasteiger partial charge in [-0.2, -0.15) is 0 Å². The van der Waals surface area contributed by atoms with Gasteiger partial charge in [0.2, 0.25) is 0 Å². The van der Waals surface area contributed by atoms with Crippen LogP contribution in [0.4, 0.5) is 0 Å².